The molecule has 2 aromatic rings. The molecule has 0 atom stereocenters. The summed E-state index contributed by atoms with van der Waals surface area (Å²) in [6.45, 7) is 5.46. The van der Waals surface area contributed by atoms with Crippen LogP contribution in [0.2, 0.25) is 0 Å². The van der Waals surface area contributed by atoms with Crippen LogP contribution >= 0.6 is 0 Å². The van der Waals surface area contributed by atoms with Gasteiger partial charge in [0.25, 0.3) is 5.91 Å². The predicted octanol–water partition coefficient (Wildman–Crippen LogP) is 3.07. The minimum atomic E-state index is -0.255. The Morgan fingerprint density at radius 1 is 1.07 bits per heavy atom. The van der Waals surface area contributed by atoms with Crippen LogP contribution in [0.5, 0.6) is 0 Å². The lowest BCUT2D eigenvalue weighted by atomic mass is 10.1. The van der Waals surface area contributed by atoms with E-state index in [2.05, 4.69) is 20.8 Å². The van der Waals surface area contributed by atoms with E-state index in [0.29, 0.717) is 36.9 Å². The summed E-state index contributed by atoms with van der Waals surface area (Å²) in [5, 5.41) is 14.3. The number of hydrogen-bond acceptors (Lipinski definition) is 6. The largest absolute Gasteiger partial charge is 0.450 e. The predicted molar refractivity (Wildman–Crippen MR) is 106 cm³/mol. The molecule has 148 valence electrons. The third-order valence-electron chi connectivity index (χ3n) is 4.59. The van der Waals surface area contributed by atoms with Crippen LogP contribution in [0.4, 0.5) is 16.4 Å². The number of nitrogens with zero attached hydrogens (tertiary/aromatic N) is 3. The molecule has 1 aromatic carbocycles. The smallest absolute Gasteiger partial charge is 0.409 e. The molecule has 0 unspecified atom stereocenters. The molecule has 0 saturated carbocycles. The fourth-order valence-electron chi connectivity index (χ4n) is 3.00. The van der Waals surface area contributed by atoms with Crippen molar-refractivity contribution >= 4 is 23.6 Å². The molecule has 0 spiro atoms. The van der Waals surface area contributed by atoms with E-state index in [-0.39, 0.29) is 18.0 Å². The summed E-state index contributed by atoms with van der Waals surface area (Å²) in [5.41, 5.74) is 1.67. The van der Waals surface area contributed by atoms with Crippen LogP contribution in [0, 0.1) is 6.92 Å². The van der Waals surface area contributed by atoms with Crippen LogP contribution in [-0.2, 0) is 4.74 Å². The normalized spacial score (nSPS) is 14.4. The summed E-state index contributed by atoms with van der Waals surface area (Å²) < 4.78 is 5.03. The lowest BCUT2D eigenvalue weighted by Crippen LogP contribution is -2.42. The first-order valence-corrected chi connectivity index (χ1v) is 9.45. The highest BCUT2D eigenvalue weighted by atomic mass is 16.6. The Bertz CT molecular complexity index is 800. The molecule has 0 aliphatic carbocycles. The van der Waals surface area contributed by atoms with Crippen molar-refractivity contribution in [2.45, 2.75) is 32.7 Å². The summed E-state index contributed by atoms with van der Waals surface area (Å²) in [5.74, 6) is 0.817. The molecular formula is C20H25N5O3. The van der Waals surface area contributed by atoms with Gasteiger partial charge >= 0.3 is 6.09 Å². The van der Waals surface area contributed by atoms with Gasteiger partial charge in [-0.05, 0) is 51.0 Å². The second-order valence-electron chi connectivity index (χ2n) is 6.73. The highest BCUT2D eigenvalue weighted by Gasteiger charge is 2.23. The van der Waals surface area contributed by atoms with Crippen molar-refractivity contribution in [2.75, 3.05) is 30.3 Å². The van der Waals surface area contributed by atoms with Gasteiger partial charge in [0.05, 0.1) is 6.61 Å². The Morgan fingerprint density at radius 3 is 2.32 bits per heavy atom. The van der Waals surface area contributed by atoms with Crippen molar-refractivity contribution in [3.8, 4) is 0 Å². The lowest BCUT2D eigenvalue weighted by Gasteiger charge is -2.31. The SMILES string of the molecule is CCOC(=O)N1CCC(Nc2ccc(NC(=O)c3ccc(C)cc3)nn2)CC1. The van der Waals surface area contributed by atoms with Crippen molar-refractivity contribution in [3.05, 3.63) is 47.5 Å². The van der Waals surface area contributed by atoms with Gasteiger partial charge in [0, 0.05) is 24.7 Å². The van der Waals surface area contributed by atoms with E-state index in [0.717, 1.165) is 18.4 Å². The second-order valence-corrected chi connectivity index (χ2v) is 6.73. The minimum absolute atomic E-state index is 0.216. The van der Waals surface area contributed by atoms with Crippen LogP contribution in [0.25, 0.3) is 0 Å². The van der Waals surface area contributed by atoms with Crippen molar-refractivity contribution < 1.29 is 14.3 Å². The molecule has 1 aliphatic heterocycles. The van der Waals surface area contributed by atoms with E-state index < -0.39 is 0 Å². The van der Waals surface area contributed by atoms with Gasteiger partial charge in [-0.25, -0.2) is 4.79 Å². The van der Waals surface area contributed by atoms with Gasteiger partial charge in [-0.1, -0.05) is 17.7 Å². The molecule has 0 radical (unpaired) electrons. The maximum atomic E-state index is 12.2. The number of aromatic nitrogens is 2. The monoisotopic (exact) mass is 383 g/mol. The number of carbonyl (C=O) groups is 2. The fraction of sp³-hybridized carbons (Fsp3) is 0.400. The third kappa shape index (κ3) is 5.18. The van der Waals surface area contributed by atoms with Gasteiger partial charge in [0.2, 0.25) is 0 Å². The number of rotatable bonds is 5. The van der Waals surface area contributed by atoms with E-state index in [1.165, 1.54) is 0 Å². The number of aryl methyl sites for hydroxylation is 1. The Morgan fingerprint density at radius 2 is 1.71 bits per heavy atom. The highest BCUT2D eigenvalue weighted by Crippen LogP contribution is 2.16. The number of amides is 2. The summed E-state index contributed by atoms with van der Waals surface area (Å²) in [7, 11) is 0. The van der Waals surface area contributed by atoms with Gasteiger partial charge in [-0.2, -0.15) is 0 Å². The zero-order valence-electron chi connectivity index (χ0n) is 16.1. The first kappa shape index (κ1) is 19.6. The first-order valence-electron chi connectivity index (χ1n) is 9.45. The van der Waals surface area contributed by atoms with Gasteiger partial charge in [-0.15, -0.1) is 10.2 Å². The molecule has 1 aromatic heterocycles. The molecule has 1 saturated heterocycles. The second kappa shape index (κ2) is 9.16. The van der Waals surface area contributed by atoms with Crippen molar-refractivity contribution in [2.24, 2.45) is 0 Å². The first-order chi connectivity index (χ1) is 13.5. The molecule has 0 bridgehead atoms. The van der Waals surface area contributed by atoms with Crippen LogP contribution in [0.1, 0.15) is 35.7 Å². The molecule has 3 rings (SSSR count). The van der Waals surface area contributed by atoms with E-state index >= 15 is 0 Å². The number of hydrogen-bond donors (Lipinski definition) is 2. The molecule has 8 nitrogen and oxygen atoms in total. The topological polar surface area (TPSA) is 96.5 Å². The van der Waals surface area contributed by atoms with Crippen molar-refractivity contribution in [1.82, 2.24) is 15.1 Å². The van der Waals surface area contributed by atoms with Gasteiger partial charge < -0.3 is 20.3 Å². The van der Waals surface area contributed by atoms with Crippen LogP contribution < -0.4 is 10.6 Å². The van der Waals surface area contributed by atoms with Crippen LogP contribution in [0.3, 0.4) is 0 Å². The lowest BCUT2D eigenvalue weighted by molar-refractivity contribution is 0.0981. The molecule has 1 fully saturated rings. The molecule has 2 heterocycles. The number of nitrogens with one attached hydrogen (secondary N) is 2. The number of carbonyl (C=O) groups excluding carboxylic acids is 2. The zero-order valence-corrected chi connectivity index (χ0v) is 16.1. The van der Waals surface area contributed by atoms with E-state index in [4.69, 9.17) is 4.74 Å². The maximum Gasteiger partial charge on any atom is 0.409 e. The van der Waals surface area contributed by atoms with Crippen molar-refractivity contribution in [3.63, 3.8) is 0 Å². The highest BCUT2D eigenvalue weighted by molar-refractivity contribution is 6.03. The molecule has 2 amide bonds. The average molecular weight is 383 g/mol. The summed E-state index contributed by atoms with van der Waals surface area (Å²) in [6.07, 6.45) is 1.37. The molecular weight excluding hydrogens is 358 g/mol. The third-order valence-corrected chi connectivity index (χ3v) is 4.59. The average Bonchev–Trinajstić information content (AvgIpc) is 2.70. The molecule has 2 N–H and O–H groups in total. The minimum Gasteiger partial charge on any atom is -0.450 e. The number of likely N-dealkylation sites (tertiary alicyclic amines) is 1. The van der Waals surface area contributed by atoms with Crippen LogP contribution in [-0.4, -0.2) is 52.8 Å². The Hall–Kier alpha value is -3.16. The van der Waals surface area contributed by atoms with Gasteiger partial charge in [-0.3, -0.25) is 4.79 Å². The quantitative estimate of drug-likeness (QED) is 0.824. The summed E-state index contributed by atoms with van der Waals surface area (Å²) >= 11 is 0. The number of piperidine rings is 1. The van der Waals surface area contributed by atoms with E-state index in [1.807, 2.05) is 19.1 Å². The molecule has 28 heavy (non-hydrogen) atoms. The Balaban J connectivity index is 1.49. The molecule has 8 heteroatoms. The Labute approximate surface area is 164 Å². The maximum absolute atomic E-state index is 12.2. The summed E-state index contributed by atoms with van der Waals surface area (Å²) in [4.78, 5) is 25.7. The van der Waals surface area contributed by atoms with E-state index in [9.17, 15) is 9.59 Å². The van der Waals surface area contributed by atoms with Crippen molar-refractivity contribution in [1.29, 1.82) is 0 Å². The number of ether oxygens (including phenoxy) is 1. The van der Waals surface area contributed by atoms with Crippen LogP contribution in [0.15, 0.2) is 36.4 Å². The zero-order chi connectivity index (χ0) is 19.9. The standard InChI is InChI=1S/C20H25N5O3/c1-3-28-20(27)25-12-10-16(11-13-25)21-17-8-9-18(24-23-17)22-19(26)15-6-4-14(2)5-7-15/h4-9,16H,3,10-13H2,1-2H3,(H,21,23)(H,22,24,26). The fourth-order valence-corrected chi connectivity index (χ4v) is 3.00. The number of benzene rings is 1. The van der Waals surface area contributed by atoms with E-state index in [1.54, 1.807) is 36.1 Å². The van der Waals surface area contributed by atoms with Gasteiger partial charge in [0.1, 0.15) is 5.82 Å². The number of anilines is 2. The summed E-state index contributed by atoms with van der Waals surface area (Å²) in [6, 6.07) is 11.0. The van der Waals surface area contributed by atoms with Gasteiger partial charge in [0.15, 0.2) is 5.82 Å². The molecule has 1 aliphatic rings. The Kier molecular flexibility index (Phi) is 6.41.